The predicted molar refractivity (Wildman–Crippen MR) is 86.4 cm³/mol. The predicted octanol–water partition coefficient (Wildman–Crippen LogP) is 4.18. The standard InChI is InChI=1S/C17H21NOS/c1-12-8-10-14(11-9-12)17(13(2)18)19-15-6-4-5-7-16(15)20-3/h4-11,13,17H,18H2,1-3H3. The van der Waals surface area contributed by atoms with Crippen LogP contribution in [0.4, 0.5) is 0 Å². The average molecular weight is 287 g/mol. The maximum atomic E-state index is 6.18. The topological polar surface area (TPSA) is 35.2 Å². The smallest absolute Gasteiger partial charge is 0.139 e. The molecule has 0 aromatic heterocycles. The molecule has 0 aliphatic heterocycles. The van der Waals surface area contributed by atoms with Crippen molar-refractivity contribution in [2.24, 2.45) is 5.73 Å². The summed E-state index contributed by atoms with van der Waals surface area (Å²) >= 11 is 1.68. The van der Waals surface area contributed by atoms with Gasteiger partial charge in [0.1, 0.15) is 11.9 Å². The van der Waals surface area contributed by atoms with Gasteiger partial charge in [-0.15, -0.1) is 11.8 Å². The number of nitrogens with two attached hydrogens (primary N) is 1. The van der Waals surface area contributed by atoms with Gasteiger partial charge in [-0.1, -0.05) is 42.0 Å². The van der Waals surface area contributed by atoms with E-state index in [4.69, 9.17) is 10.5 Å². The minimum absolute atomic E-state index is 0.0763. The van der Waals surface area contributed by atoms with Gasteiger partial charge in [0.25, 0.3) is 0 Å². The van der Waals surface area contributed by atoms with Gasteiger partial charge in [0, 0.05) is 10.9 Å². The molecule has 0 bridgehead atoms. The van der Waals surface area contributed by atoms with Crippen LogP contribution in [-0.2, 0) is 0 Å². The Morgan fingerprint density at radius 1 is 1.05 bits per heavy atom. The number of ether oxygens (including phenoxy) is 1. The van der Waals surface area contributed by atoms with Gasteiger partial charge in [-0.25, -0.2) is 0 Å². The summed E-state index contributed by atoms with van der Waals surface area (Å²) < 4.78 is 6.18. The van der Waals surface area contributed by atoms with Crippen LogP contribution in [0.25, 0.3) is 0 Å². The van der Waals surface area contributed by atoms with E-state index in [1.54, 1.807) is 11.8 Å². The molecule has 2 unspecified atom stereocenters. The molecule has 2 rings (SSSR count). The van der Waals surface area contributed by atoms with E-state index in [9.17, 15) is 0 Å². The van der Waals surface area contributed by atoms with Crippen LogP contribution in [-0.4, -0.2) is 12.3 Å². The van der Waals surface area contributed by atoms with Gasteiger partial charge in [-0.3, -0.25) is 0 Å². The van der Waals surface area contributed by atoms with E-state index in [0.29, 0.717) is 0 Å². The highest BCUT2D eigenvalue weighted by atomic mass is 32.2. The van der Waals surface area contributed by atoms with Crippen LogP contribution in [0.15, 0.2) is 53.4 Å². The quantitative estimate of drug-likeness (QED) is 0.838. The van der Waals surface area contributed by atoms with Crippen LogP contribution in [0.1, 0.15) is 24.2 Å². The van der Waals surface area contributed by atoms with Crippen LogP contribution >= 0.6 is 11.8 Å². The summed E-state index contributed by atoms with van der Waals surface area (Å²) in [5, 5.41) is 0. The fourth-order valence-corrected chi connectivity index (χ4v) is 2.62. The van der Waals surface area contributed by atoms with Crippen LogP contribution in [0.2, 0.25) is 0 Å². The second-order valence-corrected chi connectivity index (χ2v) is 5.81. The lowest BCUT2D eigenvalue weighted by Gasteiger charge is -2.24. The first-order valence-electron chi connectivity index (χ1n) is 6.73. The zero-order valence-electron chi connectivity index (χ0n) is 12.2. The SMILES string of the molecule is CSc1ccccc1OC(c1ccc(C)cc1)C(C)N. The molecular formula is C17H21NOS. The third-order valence-corrected chi connectivity index (χ3v) is 3.98. The van der Waals surface area contributed by atoms with Crippen LogP contribution in [0.5, 0.6) is 5.75 Å². The first-order valence-corrected chi connectivity index (χ1v) is 7.96. The Labute approximate surface area is 125 Å². The van der Waals surface area contributed by atoms with Crippen molar-refractivity contribution in [1.29, 1.82) is 0 Å². The Balaban J connectivity index is 2.28. The highest BCUT2D eigenvalue weighted by molar-refractivity contribution is 7.98. The molecule has 0 spiro atoms. The number of hydrogen-bond donors (Lipinski definition) is 1. The van der Waals surface area contributed by atoms with E-state index in [0.717, 1.165) is 16.2 Å². The minimum Gasteiger partial charge on any atom is -0.483 e. The summed E-state index contributed by atoms with van der Waals surface area (Å²) in [6.07, 6.45) is 1.92. The van der Waals surface area contributed by atoms with Crippen molar-refractivity contribution in [3.8, 4) is 5.75 Å². The van der Waals surface area contributed by atoms with Gasteiger partial charge in [-0.05, 0) is 37.8 Å². The van der Waals surface area contributed by atoms with Crippen LogP contribution in [0, 0.1) is 6.92 Å². The molecule has 0 radical (unpaired) electrons. The number of benzene rings is 2. The molecule has 3 heteroatoms. The highest BCUT2D eigenvalue weighted by Gasteiger charge is 2.19. The summed E-state index contributed by atoms with van der Waals surface area (Å²) in [7, 11) is 0. The molecule has 0 amide bonds. The molecule has 0 aliphatic rings. The average Bonchev–Trinajstić information content (AvgIpc) is 2.46. The zero-order chi connectivity index (χ0) is 14.5. The number of thioether (sulfide) groups is 1. The van der Waals surface area contributed by atoms with Crippen molar-refractivity contribution in [2.75, 3.05) is 6.26 Å². The molecule has 106 valence electrons. The Morgan fingerprint density at radius 2 is 1.70 bits per heavy atom. The Morgan fingerprint density at radius 3 is 2.30 bits per heavy atom. The lowest BCUT2D eigenvalue weighted by Crippen LogP contribution is -2.29. The number of para-hydroxylation sites is 1. The molecule has 0 saturated heterocycles. The second kappa shape index (κ2) is 6.82. The first-order chi connectivity index (χ1) is 9.61. The molecule has 20 heavy (non-hydrogen) atoms. The van der Waals surface area contributed by atoms with Crippen molar-refractivity contribution in [2.45, 2.75) is 30.9 Å². The maximum Gasteiger partial charge on any atom is 0.139 e. The summed E-state index contributed by atoms with van der Waals surface area (Å²) in [6.45, 7) is 4.06. The molecule has 2 N–H and O–H groups in total. The van der Waals surface area contributed by atoms with E-state index in [1.165, 1.54) is 5.56 Å². The number of hydrogen-bond acceptors (Lipinski definition) is 3. The lowest BCUT2D eigenvalue weighted by atomic mass is 10.0. The fraction of sp³-hybridized carbons (Fsp3) is 0.294. The molecule has 0 heterocycles. The normalized spacial score (nSPS) is 13.8. The third kappa shape index (κ3) is 3.56. The molecular weight excluding hydrogens is 266 g/mol. The van der Waals surface area contributed by atoms with E-state index in [1.807, 2.05) is 25.1 Å². The summed E-state index contributed by atoms with van der Waals surface area (Å²) in [5.74, 6) is 0.892. The fourth-order valence-electron chi connectivity index (χ4n) is 2.09. The number of aryl methyl sites for hydroxylation is 1. The van der Waals surface area contributed by atoms with Gasteiger partial charge in [0.05, 0.1) is 0 Å². The zero-order valence-corrected chi connectivity index (χ0v) is 13.0. The maximum absolute atomic E-state index is 6.18. The molecule has 2 nitrogen and oxygen atoms in total. The monoisotopic (exact) mass is 287 g/mol. The summed E-state index contributed by atoms with van der Waals surface area (Å²) in [5.41, 5.74) is 8.46. The van der Waals surface area contributed by atoms with Crippen molar-refractivity contribution < 1.29 is 4.74 Å². The largest absolute Gasteiger partial charge is 0.483 e. The Kier molecular flexibility index (Phi) is 5.10. The molecule has 2 atom stereocenters. The van der Waals surface area contributed by atoms with Crippen LogP contribution < -0.4 is 10.5 Å². The van der Waals surface area contributed by atoms with Gasteiger partial charge in [0.2, 0.25) is 0 Å². The summed E-state index contributed by atoms with van der Waals surface area (Å²) in [6, 6.07) is 16.4. The van der Waals surface area contributed by atoms with E-state index < -0.39 is 0 Å². The minimum atomic E-state index is -0.135. The molecule has 0 saturated carbocycles. The van der Waals surface area contributed by atoms with Gasteiger partial charge in [-0.2, -0.15) is 0 Å². The van der Waals surface area contributed by atoms with E-state index in [2.05, 4.69) is 43.5 Å². The van der Waals surface area contributed by atoms with Crippen molar-refractivity contribution >= 4 is 11.8 Å². The van der Waals surface area contributed by atoms with Gasteiger partial charge in [0.15, 0.2) is 0 Å². The van der Waals surface area contributed by atoms with Crippen molar-refractivity contribution in [3.05, 3.63) is 59.7 Å². The number of rotatable bonds is 5. The molecule has 0 aliphatic carbocycles. The van der Waals surface area contributed by atoms with Gasteiger partial charge >= 0.3 is 0 Å². The van der Waals surface area contributed by atoms with Gasteiger partial charge < -0.3 is 10.5 Å². The first kappa shape index (κ1) is 14.9. The molecule has 2 aromatic rings. The van der Waals surface area contributed by atoms with Crippen molar-refractivity contribution in [1.82, 2.24) is 0 Å². The Hall–Kier alpha value is -1.45. The lowest BCUT2D eigenvalue weighted by molar-refractivity contribution is 0.176. The highest BCUT2D eigenvalue weighted by Crippen LogP contribution is 2.32. The second-order valence-electron chi connectivity index (χ2n) is 4.96. The summed E-state index contributed by atoms with van der Waals surface area (Å²) in [4.78, 5) is 1.13. The third-order valence-electron chi connectivity index (χ3n) is 3.21. The van der Waals surface area contributed by atoms with Crippen molar-refractivity contribution in [3.63, 3.8) is 0 Å². The Bertz CT molecular complexity index is 551. The van der Waals surface area contributed by atoms with E-state index >= 15 is 0 Å². The molecule has 0 fully saturated rings. The molecule has 2 aromatic carbocycles. The van der Waals surface area contributed by atoms with Crippen LogP contribution in [0.3, 0.4) is 0 Å². The van der Waals surface area contributed by atoms with E-state index in [-0.39, 0.29) is 12.1 Å².